The van der Waals surface area contributed by atoms with E-state index in [1.165, 1.54) is 23.8 Å². The molecule has 6 aromatic rings. The molecule has 0 radical (unpaired) electrons. The number of imidazole rings is 2. The lowest BCUT2D eigenvalue weighted by atomic mass is 9.89. The molecule has 12 heteroatoms. The van der Waals surface area contributed by atoms with Crippen molar-refractivity contribution >= 4 is 28.7 Å². The minimum absolute atomic E-state index is 0.0169. The van der Waals surface area contributed by atoms with Gasteiger partial charge in [-0.3, -0.25) is 9.59 Å². The normalized spacial score (nSPS) is 19.4. The van der Waals surface area contributed by atoms with E-state index in [1.54, 1.807) is 0 Å². The second-order valence-electron chi connectivity index (χ2n) is 16.9. The second kappa shape index (κ2) is 16.6. The van der Waals surface area contributed by atoms with Crippen molar-refractivity contribution in [3.8, 4) is 33.6 Å². The monoisotopic (exact) mass is 817 g/mol. The van der Waals surface area contributed by atoms with Gasteiger partial charge in [0, 0.05) is 43.1 Å². The Hall–Kier alpha value is -6.27. The van der Waals surface area contributed by atoms with Crippen LogP contribution in [0.1, 0.15) is 79.1 Å². The third-order valence-corrected chi connectivity index (χ3v) is 13.3. The molecule has 3 fully saturated rings. The summed E-state index contributed by atoms with van der Waals surface area (Å²) in [4.78, 5) is 60.7. The van der Waals surface area contributed by atoms with Crippen LogP contribution in [0, 0.1) is 5.92 Å². The van der Waals surface area contributed by atoms with Crippen molar-refractivity contribution in [3.05, 3.63) is 120 Å². The number of likely N-dealkylation sites (tertiary alicyclic amines) is 2. The summed E-state index contributed by atoms with van der Waals surface area (Å²) in [5.41, 5.74) is 9.91. The summed E-state index contributed by atoms with van der Waals surface area (Å²) in [5.74, 6) is 1.69. The van der Waals surface area contributed by atoms with E-state index in [0.29, 0.717) is 39.0 Å². The maximum absolute atomic E-state index is 14.0. The van der Waals surface area contributed by atoms with Gasteiger partial charge in [-0.1, -0.05) is 72.8 Å². The van der Waals surface area contributed by atoms with Gasteiger partial charge in [-0.05, 0) is 102 Å². The largest absolute Gasteiger partial charge is 0.453 e. The van der Waals surface area contributed by atoms with Crippen LogP contribution in [-0.4, -0.2) is 87.1 Å². The Bertz CT molecular complexity index is 2590. The smallest absolute Gasteiger partial charge is 0.407 e. The highest BCUT2D eigenvalue weighted by Crippen LogP contribution is 2.40. The van der Waals surface area contributed by atoms with Crippen LogP contribution in [0.25, 0.3) is 44.4 Å². The Morgan fingerprint density at radius 1 is 0.803 bits per heavy atom. The molecule has 12 nitrogen and oxygen atoms in total. The second-order valence-corrected chi connectivity index (χ2v) is 16.9. The number of nitrogens with one attached hydrogen (secondary N) is 3. The van der Waals surface area contributed by atoms with Crippen molar-refractivity contribution in [1.82, 2.24) is 35.1 Å². The molecule has 0 saturated carbocycles. The summed E-state index contributed by atoms with van der Waals surface area (Å²) in [6.07, 6.45) is 8.43. The molecular weight excluding hydrogens is 767 g/mol. The number of rotatable bonds is 9. The van der Waals surface area contributed by atoms with Crippen molar-refractivity contribution in [2.75, 3.05) is 33.4 Å². The molecule has 1 aliphatic carbocycles. The fraction of sp³-hybridized carbons (Fsp3) is 0.367. The van der Waals surface area contributed by atoms with Gasteiger partial charge >= 0.3 is 6.09 Å². The number of methoxy groups -OCH3 is 1. The molecule has 4 aliphatic rings. The maximum atomic E-state index is 14.0. The van der Waals surface area contributed by atoms with E-state index in [0.717, 1.165) is 101 Å². The predicted molar refractivity (Wildman–Crippen MR) is 232 cm³/mol. The molecule has 3 amide bonds. The first-order valence-electron chi connectivity index (χ1n) is 21.8. The van der Waals surface area contributed by atoms with E-state index >= 15 is 0 Å². The van der Waals surface area contributed by atoms with Gasteiger partial charge in [0.25, 0.3) is 0 Å². The topological polar surface area (TPSA) is 146 Å². The molecule has 0 unspecified atom stereocenters. The summed E-state index contributed by atoms with van der Waals surface area (Å²) < 4.78 is 10.4. The van der Waals surface area contributed by atoms with Crippen molar-refractivity contribution in [2.45, 2.75) is 75.9 Å². The van der Waals surface area contributed by atoms with Crippen LogP contribution in [0.4, 0.5) is 4.79 Å². The average molecular weight is 818 g/mol. The first-order valence-corrected chi connectivity index (χ1v) is 21.8. The summed E-state index contributed by atoms with van der Waals surface area (Å²) in [6.45, 7) is 2.51. The number of aromatic amines is 2. The minimum atomic E-state index is -0.673. The van der Waals surface area contributed by atoms with Gasteiger partial charge in [0.1, 0.15) is 17.7 Å². The third kappa shape index (κ3) is 7.69. The fourth-order valence-electron chi connectivity index (χ4n) is 10.0. The first kappa shape index (κ1) is 38.9. The van der Waals surface area contributed by atoms with Gasteiger partial charge in [-0.2, -0.15) is 0 Å². The third-order valence-electron chi connectivity index (χ3n) is 13.3. The Balaban J connectivity index is 0.838. The minimum Gasteiger partial charge on any atom is -0.453 e. The molecule has 10 rings (SSSR count). The number of alkyl carbamates (subject to hydrolysis) is 1. The molecule has 61 heavy (non-hydrogen) atoms. The summed E-state index contributed by atoms with van der Waals surface area (Å²) in [7, 11) is 1.32. The summed E-state index contributed by atoms with van der Waals surface area (Å²) in [5, 5.41) is 5.10. The first-order chi connectivity index (χ1) is 29.9. The zero-order valence-corrected chi connectivity index (χ0v) is 34.5. The number of amides is 3. The molecule has 0 spiro atoms. The van der Waals surface area contributed by atoms with Crippen LogP contribution < -0.4 is 5.32 Å². The number of benzene rings is 4. The number of carbonyl (C=O) groups is 3. The van der Waals surface area contributed by atoms with Crippen LogP contribution >= 0.6 is 0 Å². The average Bonchev–Trinajstić information content (AvgIpc) is 4.15. The van der Waals surface area contributed by atoms with Gasteiger partial charge < -0.3 is 34.6 Å². The summed E-state index contributed by atoms with van der Waals surface area (Å²) in [6, 6.07) is 28.9. The van der Waals surface area contributed by atoms with Crippen molar-refractivity contribution in [2.24, 2.45) is 5.92 Å². The van der Waals surface area contributed by atoms with Crippen LogP contribution in [0.3, 0.4) is 0 Å². The summed E-state index contributed by atoms with van der Waals surface area (Å²) >= 11 is 0. The molecule has 0 bridgehead atoms. The van der Waals surface area contributed by atoms with Crippen LogP contribution in [0.2, 0.25) is 0 Å². The molecule has 3 aliphatic heterocycles. The number of carbonyl (C=O) groups excluding carboxylic acids is 3. The Morgan fingerprint density at radius 2 is 1.51 bits per heavy atom. The van der Waals surface area contributed by atoms with E-state index in [-0.39, 0.29) is 29.8 Å². The lowest BCUT2D eigenvalue weighted by Gasteiger charge is -2.34. The molecule has 4 aromatic carbocycles. The maximum Gasteiger partial charge on any atom is 0.407 e. The number of hydrogen-bond donors (Lipinski definition) is 3. The zero-order chi connectivity index (χ0) is 41.5. The quantitative estimate of drug-likeness (QED) is 0.134. The predicted octanol–water partition coefficient (Wildman–Crippen LogP) is 8.11. The standard InChI is InChI=1S/C49H51N7O5/c1-60-49(59)54-44(31-19-23-61-24-20-31)48(58)56-22-6-9-41(56)46-50-29-40(52-46)37-14-13-33-26-32(11-12-34(33)28-37)35-15-17-38-36(27-35)16-18-39-45(38)53-47(51-39)42-10-5-21-55(42)43(57)25-30-7-3-2-4-8-30/h2-4,7-8,11-15,17,26-29,31,41-42,44H,5-6,9-10,16,18-25H2,1H3,(H,50,52)(H,51,53)(H,54,59)/t41-,42-,44-/m0/s1. The van der Waals surface area contributed by atoms with E-state index < -0.39 is 12.1 Å². The van der Waals surface area contributed by atoms with Crippen LogP contribution in [0.5, 0.6) is 0 Å². The number of aryl methyl sites for hydroxylation is 2. The van der Waals surface area contributed by atoms with Crippen molar-refractivity contribution in [1.29, 1.82) is 0 Å². The Kier molecular flexibility index (Phi) is 10.6. The fourth-order valence-corrected chi connectivity index (χ4v) is 10.0. The lowest BCUT2D eigenvalue weighted by Crippen LogP contribution is -2.53. The SMILES string of the molecule is COC(=O)N[C@H](C(=O)N1CCC[C@H]1c1ncc(-c2ccc3cc(-c4ccc5c(c4)CCc4[nH]c([C@@H]6CCCN6C(=O)Cc6ccccc6)nc4-5)ccc3c2)[nH]1)C1CCOCC1. The van der Waals surface area contributed by atoms with Crippen LogP contribution in [-0.2, 0) is 38.3 Å². The van der Waals surface area contributed by atoms with Crippen molar-refractivity contribution < 1.29 is 23.9 Å². The molecule has 3 N–H and O–H groups in total. The zero-order valence-electron chi connectivity index (χ0n) is 34.5. The number of aromatic nitrogens is 4. The van der Waals surface area contributed by atoms with Gasteiger partial charge in [0.15, 0.2) is 0 Å². The number of H-pyrrole nitrogens is 2. The molecular formula is C49H51N7O5. The van der Waals surface area contributed by atoms with E-state index in [1.807, 2.05) is 46.3 Å². The van der Waals surface area contributed by atoms with Crippen LogP contribution in [0.15, 0.2) is 91.1 Å². The Morgan fingerprint density at radius 3 is 2.30 bits per heavy atom. The number of fused-ring (bicyclic) bond motifs is 4. The lowest BCUT2D eigenvalue weighted by molar-refractivity contribution is -0.137. The van der Waals surface area contributed by atoms with E-state index in [2.05, 4.69) is 69.9 Å². The van der Waals surface area contributed by atoms with E-state index in [4.69, 9.17) is 19.4 Å². The highest BCUT2D eigenvalue weighted by atomic mass is 16.5. The van der Waals surface area contributed by atoms with Gasteiger partial charge in [0.05, 0.1) is 43.2 Å². The highest BCUT2D eigenvalue weighted by Gasteiger charge is 2.40. The molecule has 5 heterocycles. The number of ether oxygens (including phenoxy) is 2. The number of nitrogens with zero attached hydrogens (tertiary/aromatic N) is 4. The molecule has 3 atom stereocenters. The highest BCUT2D eigenvalue weighted by molar-refractivity contribution is 5.91. The van der Waals surface area contributed by atoms with Gasteiger partial charge in [-0.25, -0.2) is 14.8 Å². The molecule has 2 aromatic heterocycles. The number of hydrogen-bond acceptors (Lipinski definition) is 7. The molecule has 3 saturated heterocycles. The van der Waals surface area contributed by atoms with E-state index in [9.17, 15) is 14.4 Å². The molecule has 312 valence electrons. The Labute approximate surface area is 355 Å². The van der Waals surface area contributed by atoms with Crippen molar-refractivity contribution in [3.63, 3.8) is 0 Å². The van der Waals surface area contributed by atoms with Gasteiger partial charge in [0.2, 0.25) is 11.8 Å². The van der Waals surface area contributed by atoms with Gasteiger partial charge in [-0.15, -0.1) is 0 Å².